The number of piperidine rings is 1. The lowest BCUT2D eigenvalue weighted by atomic mass is 10.0. The Bertz CT molecular complexity index is 1200. The van der Waals surface area contributed by atoms with E-state index in [1.807, 2.05) is 19.1 Å². The van der Waals surface area contributed by atoms with Gasteiger partial charge in [0.15, 0.2) is 0 Å². The number of hydrogen-bond acceptors (Lipinski definition) is 7. The fourth-order valence-corrected chi connectivity index (χ4v) is 3.84. The van der Waals surface area contributed by atoms with Crippen molar-refractivity contribution in [2.24, 2.45) is 0 Å². The Balaban J connectivity index is 1.43. The molecule has 2 aliphatic rings. The molecule has 0 bridgehead atoms. The molecule has 1 saturated heterocycles. The maximum absolute atomic E-state index is 13.0. The van der Waals surface area contributed by atoms with Crippen LogP contribution in [0.15, 0.2) is 36.8 Å². The van der Waals surface area contributed by atoms with Crippen LogP contribution in [-0.2, 0) is 16.1 Å². The van der Waals surface area contributed by atoms with E-state index >= 15 is 0 Å². The van der Waals surface area contributed by atoms with E-state index in [9.17, 15) is 14.4 Å². The lowest BCUT2D eigenvalue weighted by Gasteiger charge is -2.29. The normalized spacial score (nSPS) is 18.5. The van der Waals surface area contributed by atoms with Gasteiger partial charge in [-0.1, -0.05) is 11.3 Å². The van der Waals surface area contributed by atoms with Gasteiger partial charge in [0.1, 0.15) is 17.4 Å². The molecule has 5 rings (SSSR count). The zero-order valence-electron chi connectivity index (χ0n) is 16.1. The summed E-state index contributed by atoms with van der Waals surface area (Å²) in [6.07, 6.45) is 5.51. The smallest absolute Gasteiger partial charge is 0.255 e. The highest BCUT2D eigenvalue weighted by molar-refractivity contribution is 6.05. The molecule has 2 aliphatic heterocycles. The number of nitrogens with one attached hydrogen (secondary N) is 1. The van der Waals surface area contributed by atoms with Crippen LogP contribution < -0.4 is 5.32 Å². The van der Waals surface area contributed by atoms with Gasteiger partial charge in [-0.3, -0.25) is 29.7 Å². The first-order chi connectivity index (χ1) is 14.5. The summed E-state index contributed by atoms with van der Waals surface area (Å²) in [4.78, 5) is 46.6. The number of carbonyl (C=O) groups excluding carboxylic acids is 3. The topological polar surface area (TPSA) is 123 Å². The van der Waals surface area contributed by atoms with Crippen LogP contribution in [0, 0.1) is 6.92 Å². The van der Waals surface area contributed by atoms with Crippen molar-refractivity contribution in [2.45, 2.75) is 32.4 Å². The fourth-order valence-electron chi connectivity index (χ4n) is 3.84. The Labute approximate surface area is 170 Å². The maximum atomic E-state index is 13.0. The highest BCUT2D eigenvalue weighted by Gasteiger charge is 2.39. The van der Waals surface area contributed by atoms with E-state index in [0.29, 0.717) is 35.6 Å². The number of rotatable bonds is 3. The first-order valence-electron chi connectivity index (χ1n) is 9.49. The summed E-state index contributed by atoms with van der Waals surface area (Å²) in [5, 5.41) is 10.6. The van der Waals surface area contributed by atoms with E-state index in [1.165, 1.54) is 4.90 Å². The molecule has 1 unspecified atom stereocenters. The molecule has 2 aromatic heterocycles. The van der Waals surface area contributed by atoms with Gasteiger partial charge in [-0.25, -0.2) is 4.68 Å². The van der Waals surface area contributed by atoms with Crippen molar-refractivity contribution in [2.75, 3.05) is 0 Å². The maximum Gasteiger partial charge on any atom is 0.255 e. The SMILES string of the molecule is Cc1nccnc1-c1cn(-c2ccc3c(c2)C(=O)N(C2CCC(=O)NC2=O)C3)nn1. The second kappa shape index (κ2) is 6.83. The number of aryl methyl sites for hydroxylation is 1. The average Bonchev–Trinajstić information content (AvgIpc) is 3.34. The van der Waals surface area contributed by atoms with E-state index in [-0.39, 0.29) is 18.2 Å². The van der Waals surface area contributed by atoms with E-state index in [1.54, 1.807) is 29.3 Å². The second-order valence-corrected chi connectivity index (χ2v) is 7.28. The van der Waals surface area contributed by atoms with E-state index < -0.39 is 11.9 Å². The number of nitrogens with zero attached hydrogens (tertiary/aromatic N) is 6. The van der Waals surface area contributed by atoms with Crippen LogP contribution in [0.1, 0.15) is 34.5 Å². The van der Waals surface area contributed by atoms with Crippen molar-refractivity contribution in [1.29, 1.82) is 0 Å². The van der Waals surface area contributed by atoms with Crippen molar-refractivity contribution in [3.63, 3.8) is 0 Å². The molecule has 0 radical (unpaired) electrons. The summed E-state index contributed by atoms with van der Waals surface area (Å²) in [5.74, 6) is -0.956. The molecular formula is C20H17N7O3. The molecule has 1 fully saturated rings. The predicted molar refractivity (Wildman–Crippen MR) is 103 cm³/mol. The molecule has 3 aromatic rings. The van der Waals surface area contributed by atoms with E-state index in [4.69, 9.17) is 0 Å². The number of carbonyl (C=O) groups is 3. The third-order valence-corrected chi connectivity index (χ3v) is 5.39. The van der Waals surface area contributed by atoms with Crippen molar-refractivity contribution in [3.8, 4) is 17.1 Å². The zero-order valence-corrected chi connectivity index (χ0v) is 16.1. The van der Waals surface area contributed by atoms with Gasteiger partial charge in [0.05, 0.1) is 17.6 Å². The lowest BCUT2D eigenvalue weighted by molar-refractivity contribution is -0.136. The number of amides is 3. The van der Waals surface area contributed by atoms with Crippen molar-refractivity contribution >= 4 is 17.7 Å². The van der Waals surface area contributed by atoms with Gasteiger partial charge in [0, 0.05) is 30.9 Å². The van der Waals surface area contributed by atoms with Gasteiger partial charge < -0.3 is 4.90 Å². The number of imide groups is 1. The van der Waals surface area contributed by atoms with Gasteiger partial charge in [-0.15, -0.1) is 5.10 Å². The lowest BCUT2D eigenvalue weighted by Crippen LogP contribution is -2.52. The molecule has 3 amide bonds. The van der Waals surface area contributed by atoms with Crippen LogP contribution in [0.4, 0.5) is 0 Å². The number of fused-ring (bicyclic) bond motifs is 1. The molecule has 10 heteroatoms. The third kappa shape index (κ3) is 2.93. The Morgan fingerprint density at radius 1 is 1.13 bits per heavy atom. The van der Waals surface area contributed by atoms with Crippen LogP contribution in [0.5, 0.6) is 0 Å². The molecule has 1 atom stereocenters. The minimum absolute atomic E-state index is 0.227. The molecule has 10 nitrogen and oxygen atoms in total. The zero-order chi connectivity index (χ0) is 20.8. The number of benzene rings is 1. The highest BCUT2D eigenvalue weighted by Crippen LogP contribution is 2.29. The molecule has 0 aliphatic carbocycles. The summed E-state index contributed by atoms with van der Waals surface area (Å²) < 4.78 is 1.58. The number of hydrogen-bond donors (Lipinski definition) is 1. The van der Waals surface area contributed by atoms with Gasteiger partial charge in [0.25, 0.3) is 5.91 Å². The van der Waals surface area contributed by atoms with Crippen LogP contribution in [0.3, 0.4) is 0 Å². The Morgan fingerprint density at radius 2 is 1.97 bits per heavy atom. The van der Waals surface area contributed by atoms with Gasteiger partial charge in [-0.05, 0) is 31.0 Å². The Hall–Kier alpha value is -3.95. The number of aromatic nitrogens is 5. The predicted octanol–water partition coefficient (Wildman–Crippen LogP) is 0.794. The Kier molecular flexibility index (Phi) is 4.12. The minimum Gasteiger partial charge on any atom is -0.322 e. The largest absolute Gasteiger partial charge is 0.322 e. The summed E-state index contributed by atoms with van der Waals surface area (Å²) >= 11 is 0. The standard InChI is InChI=1S/C20H17N7O3/c1-11-18(22-7-6-21-11)15-10-27(25-24-15)13-3-2-12-9-26(20(30)14(12)8-13)16-4-5-17(28)23-19(16)29/h2-3,6-8,10,16H,4-5,9H2,1H3,(H,23,28,29). The minimum atomic E-state index is -0.636. The summed E-state index contributed by atoms with van der Waals surface area (Å²) in [7, 11) is 0. The first-order valence-corrected chi connectivity index (χ1v) is 9.49. The first kappa shape index (κ1) is 18.1. The molecule has 1 N–H and O–H groups in total. The van der Waals surface area contributed by atoms with Crippen molar-refractivity contribution in [1.82, 2.24) is 35.2 Å². The monoisotopic (exact) mass is 403 g/mol. The van der Waals surface area contributed by atoms with E-state index in [2.05, 4.69) is 25.6 Å². The molecule has 150 valence electrons. The summed E-state index contributed by atoms with van der Waals surface area (Å²) in [6, 6.07) is 4.81. The fraction of sp³-hybridized carbons (Fsp3) is 0.250. The van der Waals surface area contributed by atoms with Crippen LogP contribution in [0.2, 0.25) is 0 Å². The van der Waals surface area contributed by atoms with Crippen molar-refractivity contribution < 1.29 is 14.4 Å². The quantitative estimate of drug-likeness (QED) is 0.642. The van der Waals surface area contributed by atoms with Crippen molar-refractivity contribution in [3.05, 3.63) is 53.6 Å². The van der Waals surface area contributed by atoms with Gasteiger partial charge in [0.2, 0.25) is 11.8 Å². The highest BCUT2D eigenvalue weighted by atomic mass is 16.2. The van der Waals surface area contributed by atoms with Crippen LogP contribution in [-0.4, -0.2) is 53.6 Å². The summed E-state index contributed by atoms with van der Waals surface area (Å²) in [5.41, 5.74) is 3.99. The molecule has 1 aromatic carbocycles. The van der Waals surface area contributed by atoms with Crippen LogP contribution >= 0.6 is 0 Å². The Morgan fingerprint density at radius 3 is 2.77 bits per heavy atom. The second-order valence-electron chi connectivity index (χ2n) is 7.28. The molecule has 0 saturated carbocycles. The van der Waals surface area contributed by atoms with Gasteiger partial charge in [-0.2, -0.15) is 0 Å². The van der Waals surface area contributed by atoms with E-state index in [0.717, 1.165) is 11.3 Å². The summed E-state index contributed by atoms with van der Waals surface area (Å²) in [6.45, 7) is 2.18. The molecule has 30 heavy (non-hydrogen) atoms. The molecular weight excluding hydrogens is 386 g/mol. The molecule has 4 heterocycles. The molecule has 0 spiro atoms. The van der Waals surface area contributed by atoms with Gasteiger partial charge >= 0.3 is 0 Å². The third-order valence-electron chi connectivity index (χ3n) is 5.39. The average molecular weight is 403 g/mol. The van der Waals surface area contributed by atoms with Crippen LogP contribution in [0.25, 0.3) is 17.1 Å².